The molecule has 2 rings (SSSR count). The van der Waals surface area contributed by atoms with Gasteiger partial charge in [-0.15, -0.1) is 0 Å². The van der Waals surface area contributed by atoms with Gasteiger partial charge in [0.2, 0.25) is 0 Å². The Morgan fingerprint density at radius 3 is 2.44 bits per heavy atom. The lowest BCUT2D eigenvalue weighted by molar-refractivity contribution is -0.118. The highest BCUT2D eigenvalue weighted by Crippen LogP contribution is 2.46. The molecule has 1 aliphatic heterocycles. The van der Waals surface area contributed by atoms with Crippen molar-refractivity contribution >= 4 is 11.9 Å². The first-order valence-corrected chi connectivity index (χ1v) is 6.79. The van der Waals surface area contributed by atoms with Gasteiger partial charge in [-0.3, -0.25) is 4.79 Å². The van der Waals surface area contributed by atoms with Gasteiger partial charge in [-0.25, -0.2) is 4.79 Å². The number of carbonyl (C=O) groups is 2. The Labute approximate surface area is 109 Å². The molecule has 0 bridgehead atoms. The number of amides is 1. The molecule has 0 spiro atoms. The van der Waals surface area contributed by atoms with Crippen LogP contribution in [0, 0.1) is 11.8 Å². The third-order valence-corrected chi connectivity index (χ3v) is 3.78. The quantitative estimate of drug-likeness (QED) is 0.760. The molecule has 0 aromatic heterocycles. The average Bonchev–Trinajstić information content (AvgIpc) is 2.86. The normalized spacial score (nSPS) is 31.3. The second-order valence-electron chi connectivity index (χ2n) is 6.50. The zero-order valence-corrected chi connectivity index (χ0v) is 11.7. The molecule has 1 aliphatic carbocycles. The van der Waals surface area contributed by atoms with Crippen molar-refractivity contribution in [2.45, 2.75) is 58.6 Å². The third kappa shape index (κ3) is 2.85. The number of ether oxygens (including phenoxy) is 1. The highest BCUT2D eigenvalue weighted by atomic mass is 16.6. The molecular formula is C14H23NO3. The number of likely N-dealkylation sites (tertiary alicyclic amines) is 1. The van der Waals surface area contributed by atoms with E-state index in [4.69, 9.17) is 4.74 Å². The minimum atomic E-state index is -0.451. The predicted molar refractivity (Wildman–Crippen MR) is 68.2 cm³/mol. The number of rotatable bonds is 2. The number of carbonyl (C=O) groups excluding carboxylic acids is 2. The number of Topliss-reactive ketones (excluding diaryl/α,β-unsaturated/α-hetero) is 1. The summed E-state index contributed by atoms with van der Waals surface area (Å²) in [6.45, 7) is 8.06. The standard InChI is InChI=1S/C14H23NO3/c1-9(16)10-8-11(10)12-6-5-7-15(12)13(17)18-14(2,3)4/h10-12H,5-8H2,1-4H3/t10-,11+,12-/m0/s1. The third-order valence-electron chi connectivity index (χ3n) is 3.78. The van der Waals surface area contributed by atoms with E-state index >= 15 is 0 Å². The maximum atomic E-state index is 12.1. The van der Waals surface area contributed by atoms with Crippen molar-refractivity contribution < 1.29 is 14.3 Å². The monoisotopic (exact) mass is 253 g/mol. The molecule has 0 N–H and O–H groups in total. The van der Waals surface area contributed by atoms with E-state index in [1.165, 1.54) is 0 Å². The van der Waals surface area contributed by atoms with Gasteiger partial charge in [0, 0.05) is 18.5 Å². The highest BCUT2D eigenvalue weighted by molar-refractivity contribution is 5.81. The van der Waals surface area contributed by atoms with Crippen LogP contribution in [0.4, 0.5) is 4.79 Å². The Kier molecular flexibility index (Phi) is 3.39. The summed E-state index contributed by atoms with van der Waals surface area (Å²) < 4.78 is 5.43. The minimum absolute atomic E-state index is 0.179. The van der Waals surface area contributed by atoms with Gasteiger partial charge in [-0.1, -0.05) is 0 Å². The first-order valence-electron chi connectivity index (χ1n) is 6.79. The molecule has 4 heteroatoms. The molecule has 0 unspecified atom stereocenters. The van der Waals surface area contributed by atoms with E-state index in [1.807, 2.05) is 25.7 Å². The van der Waals surface area contributed by atoms with Crippen molar-refractivity contribution in [1.82, 2.24) is 4.90 Å². The summed E-state index contributed by atoms with van der Waals surface area (Å²) in [5.41, 5.74) is -0.451. The van der Waals surface area contributed by atoms with Crippen LogP contribution in [0.25, 0.3) is 0 Å². The number of hydrogen-bond donors (Lipinski definition) is 0. The van der Waals surface area contributed by atoms with Crippen LogP contribution in [-0.2, 0) is 9.53 Å². The van der Waals surface area contributed by atoms with Gasteiger partial charge >= 0.3 is 6.09 Å². The van der Waals surface area contributed by atoms with Gasteiger partial charge in [-0.2, -0.15) is 0 Å². The topological polar surface area (TPSA) is 46.6 Å². The molecular weight excluding hydrogens is 230 g/mol. The summed E-state index contributed by atoms with van der Waals surface area (Å²) in [6, 6.07) is 0.216. The number of ketones is 1. The van der Waals surface area contributed by atoms with Crippen molar-refractivity contribution in [3.8, 4) is 0 Å². The lowest BCUT2D eigenvalue weighted by atomic mass is 10.1. The Morgan fingerprint density at radius 1 is 1.28 bits per heavy atom. The molecule has 2 aliphatic rings. The van der Waals surface area contributed by atoms with E-state index in [-0.39, 0.29) is 23.8 Å². The SMILES string of the molecule is CC(=O)[C@@H]1C[C@H]1[C@@H]1CCCN1C(=O)OC(C)(C)C. The van der Waals surface area contributed by atoms with Crippen LogP contribution in [0.3, 0.4) is 0 Å². The molecule has 3 atom stereocenters. The van der Waals surface area contributed by atoms with E-state index in [9.17, 15) is 9.59 Å². The number of nitrogens with zero attached hydrogens (tertiary/aromatic N) is 1. The summed E-state index contributed by atoms with van der Waals surface area (Å²) in [6.07, 6.45) is 2.75. The fourth-order valence-corrected chi connectivity index (χ4v) is 2.89. The van der Waals surface area contributed by atoms with E-state index in [2.05, 4.69) is 0 Å². The van der Waals surface area contributed by atoms with Crippen molar-refractivity contribution in [1.29, 1.82) is 0 Å². The molecule has 18 heavy (non-hydrogen) atoms. The molecule has 4 nitrogen and oxygen atoms in total. The van der Waals surface area contributed by atoms with Crippen LogP contribution in [-0.4, -0.2) is 35.0 Å². The molecule has 1 saturated heterocycles. The van der Waals surface area contributed by atoms with E-state index in [1.54, 1.807) is 6.92 Å². The van der Waals surface area contributed by atoms with Crippen LogP contribution >= 0.6 is 0 Å². The molecule has 102 valence electrons. The lowest BCUT2D eigenvalue weighted by Crippen LogP contribution is -2.41. The number of hydrogen-bond acceptors (Lipinski definition) is 3. The van der Waals surface area contributed by atoms with Gasteiger partial charge in [0.05, 0.1) is 0 Å². The van der Waals surface area contributed by atoms with Crippen LogP contribution in [0.15, 0.2) is 0 Å². The predicted octanol–water partition coefficient (Wildman–Crippen LogP) is 2.61. The van der Waals surface area contributed by atoms with E-state index < -0.39 is 5.60 Å². The van der Waals surface area contributed by atoms with Gasteiger partial charge in [0.25, 0.3) is 0 Å². The second kappa shape index (κ2) is 4.56. The van der Waals surface area contributed by atoms with E-state index in [0.29, 0.717) is 5.92 Å². The lowest BCUT2D eigenvalue weighted by Gasteiger charge is -2.28. The molecule has 0 radical (unpaired) electrons. The Balaban J connectivity index is 1.96. The van der Waals surface area contributed by atoms with Crippen molar-refractivity contribution in [2.75, 3.05) is 6.54 Å². The Hall–Kier alpha value is -1.06. The molecule has 1 saturated carbocycles. The zero-order valence-electron chi connectivity index (χ0n) is 11.7. The summed E-state index contributed by atoms with van der Waals surface area (Å²) in [4.78, 5) is 25.3. The Bertz CT molecular complexity index is 359. The van der Waals surface area contributed by atoms with Gasteiger partial charge < -0.3 is 9.64 Å². The van der Waals surface area contributed by atoms with Crippen LogP contribution in [0.2, 0.25) is 0 Å². The van der Waals surface area contributed by atoms with Gasteiger partial charge in [0.15, 0.2) is 0 Å². The smallest absolute Gasteiger partial charge is 0.410 e. The van der Waals surface area contributed by atoms with Gasteiger partial charge in [-0.05, 0) is 52.9 Å². The molecule has 1 amide bonds. The fourth-order valence-electron chi connectivity index (χ4n) is 2.89. The first-order chi connectivity index (χ1) is 8.29. The average molecular weight is 253 g/mol. The van der Waals surface area contributed by atoms with Crippen molar-refractivity contribution in [3.05, 3.63) is 0 Å². The summed E-state index contributed by atoms with van der Waals surface area (Å²) in [5, 5.41) is 0. The Morgan fingerprint density at radius 2 is 1.94 bits per heavy atom. The molecule has 0 aromatic carbocycles. The van der Waals surface area contributed by atoms with Gasteiger partial charge in [0.1, 0.15) is 11.4 Å². The maximum Gasteiger partial charge on any atom is 0.410 e. The van der Waals surface area contributed by atoms with Crippen LogP contribution in [0.5, 0.6) is 0 Å². The largest absolute Gasteiger partial charge is 0.444 e. The van der Waals surface area contributed by atoms with Crippen molar-refractivity contribution in [2.24, 2.45) is 11.8 Å². The molecule has 0 aromatic rings. The van der Waals surface area contributed by atoms with Crippen molar-refractivity contribution in [3.63, 3.8) is 0 Å². The summed E-state index contributed by atoms with van der Waals surface area (Å²) in [7, 11) is 0. The first kappa shape index (κ1) is 13.4. The zero-order chi connectivity index (χ0) is 13.5. The van der Waals surface area contributed by atoms with Crippen LogP contribution in [0.1, 0.15) is 47.0 Å². The molecule has 2 fully saturated rings. The summed E-state index contributed by atoms with van der Waals surface area (Å²) in [5.74, 6) is 0.812. The van der Waals surface area contributed by atoms with E-state index in [0.717, 1.165) is 25.8 Å². The fraction of sp³-hybridized carbons (Fsp3) is 0.857. The summed E-state index contributed by atoms with van der Waals surface area (Å²) >= 11 is 0. The van der Waals surface area contributed by atoms with Crippen LogP contribution < -0.4 is 0 Å². The second-order valence-corrected chi connectivity index (χ2v) is 6.50. The maximum absolute atomic E-state index is 12.1. The highest BCUT2D eigenvalue weighted by Gasteiger charge is 2.50. The minimum Gasteiger partial charge on any atom is -0.444 e. The molecule has 1 heterocycles.